The second kappa shape index (κ2) is 5.11. The summed E-state index contributed by atoms with van der Waals surface area (Å²) in [7, 11) is 0. The average Bonchev–Trinajstić information content (AvgIpc) is 2.37. The number of nitrogens with two attached hydrogens (primary N) is 1. The predicted molar refractivity (Wildman–Crippen MR) is 67.3 cm³/mol. The van der Waals surface area contributed by atoms with Crippen molar-refractivity contribution in [2.24, 2.45) is 5.84 Å². The van der Waals surface area contributed by atoms with Gasteiger partial charge in [-0.2, -0.15) is 0 Å². The topological polar surface area (TPSA) is 77.2 Å². The van der Waals surface area contributed by atoms with Crippen LogP contribution >= 0.6 is 15.9 Å². The number of aromatic nitrogens is 1. The zero-order valence-electron chi connectivity index (χ0n) is 8.81. The highest BCUT2D eigenvalue weighted by Crippen LogP contribution is 2.32. The Morgan fingerprint density at radius 3 is 3.06 bits per heavy atom. The van der Waals surface area contributed by atoms with Gasteiger partial charge in [0.15, 0.2) is 12.4 Å². The summed E-state index contributed by atoms with van der Waals surface area (Å²) in [6.07, 6.45) is 1.67. The second-order valence-electron chi connectivity index (χ2n) is 3.31. The number of carbonyl (C=O) groups is 1. The molecule has 6 heteroatoms. The summed E-state index contributed by atoms with van der Waals surface area (Å²) in [5.41, 5.74) is 2.70. The van der Waals surface area contributed by atoms with Crippen LogP contribution in [0.3, 0.4) is 0 Å². The SMILES string of the molecule is NNC(=O)COc1c(Br)ccc2cccnc12. The quantitative estimate of drug-likeness (QED) is 0.509. The first-order valence-corrected chi connectivity index (χ1v) is 5.67. The lowest BCUT2D eigenvalue weighted by atomic mass is 10.2. The summed E-state index contributed by atoms with van der Waals surface area (Å²) in [5.74, 6) is 5.12. The van der Waals surface area contributed by atoms with Crippen LogP contribution < -0.4 is 16.0 Å². The minimum Gasteiger partial charge on any atom is -0.480 e. The van der Waals surface area contributed by atoms with Crippen LogP contribution in [0.2, 0.25) is 0 Å². The van der Waals surface area contributed by atoms with Gasteiger partial charge in [0.05, 0.1) is 4.47 Å². The fraction of sp³-hybridized carbons (Fsp3) is 0.0909. The number of carbonyl (C=O) groups excluding carboxylic acids is 1. The van der Waals surface area contributed by atoms with E-state index in [4.69, 9.17) is 10.6 Å². The van der Waals surface area contributed by atoms with Crippen molar-refractivity contribution in [2.45, 2.75) is 0 Å². The maximum absolute atomic E-state index is 11.0. The molecule has 3 N–H and O–H groups in total. The van der Waals surface area contributed by atoms with E-state index < -0.39 is 5.91 Å². The molecule has 0 spiro atoms. The highest BCUT2D eigenvalue weighted by atomic mass is 79.9. The molecule has 0 aliphatic rings. The van der Waals surface area contributed by atoms with E-state index in [-0.39, 0.29) is 6.61 Å². The number of nitrogens with one attached hydrogen (secondary N) is 1. The molecule has 0 atom stereocenters. The lowest BCUT2D eigenvalue weighted by Gasteiger charge is -2.09. The number of halogens is 1. The van der Waals surface area contributed by atoms with Crippen LogP contribution in [-0.2, 0) is 4.79 Å². The van der Waals surface area contributed by atoms with Crippen LogP contribution in [0.15, 0.2) is 34.9 Å². The molecule has 0 bridgehead atoms. The molecular formula is C11H10BrN3O2. The van der Waals surface area contributed by atoms with E-state index in [1.54, 1.807) is 6.20 Å². The van der Waals surface area contributed by atoms with Crippen molar-refractivity contribution in [2.75, 3.05) is 6.61 Å². The number of pyridine rings is 1. The van der Waals surface area contributed by atoms with Crippen LogP contribution in [0.4, 0.5) is 0 Å². The number of nitrogens with zero attached hydrogens (tertiary/aromatic N) is 1. The van der Waals surface area contributed by atoms with Gasteiger partial charge in [-0.1, -0.05) is 12.1 Å². The van der Waals surface area contributed by atoms with E-state index in [9.17, 15) is 4.79 Å². The van der Waals surface area contributed by atoms with Gasteiger partial charge < -0.3 is 4.74 Å². The lowest BCUT2D eigenvalue weighted by molar-refractivity contribution is -0.123. The standard InChI is InChI=1S/C11H10BrN3O2/c12-8-4-3-7-2-1-5-14-10(7)11(8)17-6-9(16)15-13/h1-5H,6,13H2,(H,15,16). The number of rotatable bonds is 3. The van der Waals surface area contributed by atoms with Crippen LogP contribution in [0.25, 0.3) is 10.9 Å². The molecule has 5 nitrogen and oxygen atoms in total. The van der Waals surface area contributed by atoms with Gasteiger partial charge in [0.25, 0.3) is 5.91 Å². The molecule has 0 saturated carbocycles. The number of hydrogen-bond acceptors (Lipinski definition) is 4. The van der Waals surface area contributed by atoms with Gasteiger partial charge in [-0.15, -0.1) is 0 Å². The Morgan fingerprint density at radius 2 is 2.29 bits per heavy atom. The van der Waals surface area contributed by atoms with Crippen molar-refractivity contribution in [1.29, 1.82) is 0 Å². The maximum atomic E-state index is 11.0. The minimum absolute atomic E-state index is 0.148. The predicted octanol–water partition coefficient (Wildman–Crippen LogP) is 1.37. The Balaban J connectivity index is 2.37. The Hall–Kier alpha value is -1.66. The third kappa shape index (κ3) is 2.54. The van der Waals surface area contributed by atoms with E-state index in [1.165, 1.54) is 0 Å². The second-order valence-corrected chi connectivity index (χ2v) is 4.16. The highest BCUT2D eigenvalue weighted by molar-refractivity contribution is 9.10. The van der Waals surface area contributed by atoms with Crippen molar-refractivity contribution >= 4 is 32.7 Å². The molecule has 0 aliphatic heterocycles. The number of fused-ring (bicyclic) bond motifs is 1. The maximum Gasteiger partial charge on any atom is 0.271 e. The van der Waals surface area contributed by atoms with Gasteiger partial charge >= 0.3 is 0 Å². The lowest BCUT2D eigenvalue weighted by Crippen LogP contribution is -2.34. The monoisotopic (exact) mass is 295 g/mol. The summed E-state index contributed by atoms with van der Waals surface area (Å²) in [6.45, 7) is -0.148. The summed E-state index contributed by atoms with van der Waals surface area (Å²) < 4.78 is 6.15. The number of benzene rings is 1. The molecule has 1 aromatic heterocycles. The molecule has 0 radical (unpaired) electrons. The highest BCUT2D eigenvalue weighted by Gasteiger charge is 2.09. The summed E-state index contributed by atoms with van der Waals surface area (Å²) in [6, 6.07) is 7.53. The van der Waals surface area contributed by atoms with Gasteiger partial charge in [0.1, 0.15) is 5.52 Å². The number of ether oxygens (including phenoxy) is 1. The number of hydrogen-bond donors (Lipinski definition) is 2. The van der Waals surface area contributed by atoms with Crippen LogP contribution in [0.1, 0.15) is 0 Å². The van der Waals surface area contributed by atoms with Gasteiger partial charge in [0, 0.05) is 11.6 Å². The fourth-order valence-electron chi connectivity index (χ4n) is 1.41. The van der Waals surface area contributed by atoms with Crippen molar-refractivity contribution in [3.63, 3.8) is 0 Å². The fourth-order valence-corrected chi connectivity index (χ4v) is 1.84. The molecule has 17 heavy (non-hydrogen) atoms. The first-order chi connectivity index (χ1) is 8.22. The molecule has 1 heterocycles. The third-order valence-corrected chi connectivity index (χ3v) is 2.81. The first kappa shape index (κ1) is 11.8. The minimum atomic E-state index is -0.398. The van der Waals surface area contributed by atoms with Crippen LogP contribution in [0.5, 0.6) is 5.75 Å². The zero-order valence-corrected chi connectivity index (χ0v) is 10.4. The zero-order chi connectivity index (χ0) is 12.3. The molecule has 1 aromatic carbocycles. The van der Waals surface area contributed by atoms with E-state index in [1.807, 2.05) is 29.7 Å². The van der Waals surface area contributed by atoms with Crippen molar-refractivity contribution in [3.05, 3.63) is 34.9 Å². The van der Waals surface area contributed by atoms with Crippen LogP contribution in [-0.4, -0.2) is 17.5 Å². The Bertz CT molecular complexity index is 559. The molecule has 88 valence electrons. The Labute approximate surface area is 106 Å². The van der Waals surface area contributed by atoms with Crippen LogP contribution in [0, 0.1) is 0 Å². The molecule has 0 unspecified atom stereocenters. The van der Waals surface area contributed by atoms with Gasteiger partial charge in [-0.05, 0) is 28.1 Å². The molecule has 1 amide bonds. The first-order valence-electron chi connectivity index (χ1n) is 4.88. The summed E-state index contributed by atoms with van der Waals surface area (Å²) in [4.78, 5) is 15.3. The van der Waals surface area contributed by atoms with E-state index >= 15 is 0 Å². The molecular weight excluding hydrogens is 286 g/mol. The summed E-state index contributed by atoms with van der Waals surface area (Å²) in [5, 5.41) is 0.943. The number of hydrazine groups is 1. The van der Waals surface area contributed by atoms with E-state index in [0.717, 1.165) is 9.86 Å². The molecule has 2 rings (SSSR count). The van der Waals surface area contributed by atoms with Crippen molar-refractivity contribution < 1.29 is 9.53 Å². The largest absolute Gasteiger partial charge is 0.480 e. The summed E-state index contributed by atoms with van der Waals surface area (Å²) >= 11 is 3.36. The van der Waals surface area contributed by atoms with E-state index in [2.05, 4.69) is 20.9 Å². The Morgan fingerprint density at radius 1 is 1.47 bits per heavy atom. The van der Waals surface area contributed by atoms with E-state index in [0.29, 0.717) is 11.3 Å². The van der Waals surface area contributed by atoms with Crippen molar-refractivity contribution in [3.8, 4) is 5.75 Å². The van der Waals surface area contributed by atoms with Gasteiger partial charge in [-0.3, -0.25) is 15.2 Å². The smallest absolute Gasteiger partial charge is 0.271 e. The third-order valence-electron chi connectivity index (χ3n) is 2.19. The molecule has 0 saturated heterocycles. The number of amides is 1. The average molecular weight is 296 g/mol. The Kier molecular flexibility index (Phi) is 3.55. The normalized spacial score (nSPS) is 10.2. The van der Waals surface area contributed by atoms with Crippen molar-refractivity contribution in [1.82, 2.24) is 10.4 Å². The molecule has 0 aliphatic carbocycles. The van der Waals surface area contributed by atoms with Gasteiger partial charge in [0.2, 0.25) is 0 Å². The molecule has 2 aromatic rings. The van der Waals surface area contributed by atoms with Gasteiger partial charge in [-0.25, -0.2) is 5.84 Å². The molecule has 0 fully saturated rings.